The number of carbonyl (C=O) groups excluding carboxylic acids is 2. The van der Waals surface area contributed by atoms with E-state index < -0.39 is 5.92 Å². The van der Waals surface area contributed by atoms with E-state index in [1.165, 1.54) is 10.6 Å². The zero-order valence-corrected chi connectivity index (χ0v) is 16.6. The maximum Gasteiger partial charge on any atom is 0.258 e. The predicted octanol–water partition coefficient (Wildman–Crippen LogP) is 5.31. The van der Waals surface area contributed by atoms with E-state index >= 15 is 0 Å². The number of rotatable bonds is 3. The summed E-state index contributed by atoms with van der Waals surface area (Å²) in [4.78, 5) is 26.0. The second-order valence-electron chi connectivity index (χ2n) is 7.76. The number of carbonyl (C=O) groups is 2. The number of hydrogen-bond acceptors (Lipinski definition) is 2. The first-order valence-corrected chi connectivity index (χ1v) is 10.1. The highest BCUT2D eigenvalue weighted by molar-refractivity contribution is 6.18. The Morgan fingerprint density at radius 1 is 0.931 bits per heavy atom. The van der Waals surface area contributed by atoms with E-state index in [0.717, 1.165) is 39.6 Å². The Bertz CT molecular complexity index is 1180. The first-order valence-electron chi connectivity index (χ1n) is 10.1. The molecule has 0 radical (unpaired) electrons. The van der Waals surface area contributed by atoms with Gasteiger partial charge in [0.2, 0.25) is 0 Å². The normalized spacial score (nSPS) is 17.8. The van der Waals surface area contributed by atoms with Crippen LogP contribution < -0.4 is 5.01 Å². The molecule has 0 spiro atoms. The predicted molar refractivity (Wildman–Crippen MR) is 116 cm³/mol. The largest absolute Gasteiger partial charge is 0.272 e. The van der Waals surface area contributed by atoms with Crippen molar-refractivity contribution in [3.63, 3.8) is 0 Å². The Balaban J connectivity index is 1.79. The van der Waals surface area contributed by atoms with Gasteiger partial charge in [-0.15, -0.1) is 0 Å². The number of anilines is 1. The Hall–Kier alpha value is -3.40. The summed E-state index contributed by atoms with van der Waals surface area (Å²) in [6, 6.07) is 18.6. The summed E-state index contributed by atoms with van der Waals surface area (Å²) in [5.41, 5.74) is 5.10. The van der Waals surface area contributed by atoms with E-state index in [2.05, 4.69) is 43.3 Å². The lowest BCUT2D eigenvalue weighted by atomic mass is 9.91. The van der Waals surface area contributed by atoms with Crippen LogP contribution in [-0.4, -0.2) is 16.8 Å². The molecule has 0 saturated carbocycles. The van der Waals surface area contributed by atoms with Crippen molar-refractivity contribution < 1.29 is 9.59 Å². The Morgan fingerprint density at radius 2 is 1.72 bits per heavy atom. The van der Waals surface area contributed by atoms with Gasteiger partial charge in [-0.3, -0.25) is 9.59 Å². The van der Waals surface area contributed by atoms with E-state index in [1.54, 1.807) is 11.2 Å². The molecule has 2 aliphatic heterocycles. The number of hydrazine groups is 1. The van der Waals surface area contributed by atoms with E-state index in [0.29, 0.717) is 6.42 Å². The van der Waals surface area contributed by atoms with Crippen LogP contribution in [0.5, 0.6) is 0 Å². The lowest BCUT2D eigenvalue weighted by molar-refractivity contribution is -0.130. The van der Waals surface area contributed by atoms with Gasteiger partial charge in [-0.25, -0.2) is 10.0 Å². The van der Waals surface area contributed by atoms with Crippen LogP contribution in [0.25, 0.3) is 28.0 Å². The zero-order valence-electron chi connectivity index (χ0n) is 16.6. The third-order valence-corrected chi connectivity index (χ3v) is 5.83. The smallest absolute Gasteiger partial charge is 0.258 e. The minimum atomic E-state index is -0.593. The average molecular weight is 382 g/mol. The summed E-state index contributed by atoms with van der Waals surface area (Å²) in [6.45, 7) is 4.09. The highest BCUT2D eigenvalue weighted by Crippen LogP contribution is 2.43. The minimum Gasteiger partial charge on any atom is -0.272 e. The second kappa shape index (κ2) is 6.59. The molecule has 144 valence electrons. The van der Waals surface area contributed by atoms with Gasteiger partial charge in [0.15, 0.2) is 0 Å². The molecule has 3 aromatic carbocycles. The molecule has 0 bridgehead atoms. The third-order valence-electron chi connectivity index (χ3n) is 5.83. The molecule has 0 aliphatic carbocycles. The van der Waals surface area contributed by atoms with Gasteiger partial charge in [0.05, 0.1) is 5.69 Å². The Morgan fingerprint density at radius 3 is 2.48 bits per heavy atom. The Labute approximate surface area is 170 Å². The molecule has 1 fully saturated rings. The van der Waals surface area contributed by atoms with Crippen LogP contribution in [0.15, 0.2) is 60.8 Å². The minimum absolute atomic E-state index is 0.132. The first-order chi connectivity index (χ1) is 14.1. The summed E-state index contributed by atoms with van der Waals surface area (Å²) in [7, 11) is 0. The quantitative estimate of drug-likeness (QED) is 0.576. The topological polar surface area (TPSA) is 40.6 Å². The lowest BCUT2D eigenvalue weighted by Gasteiger charge is -2.31. The van der Waals surface area contributed by atoms with E-state index in [4.69, 9.17) is 0 Å². The fourth-order valence-corrected chi connectivity index (χ4v) is 4.43. The van der Waals surface area contributed by atoms with Gasteiger partial charge in [0.1, 0.15) is 5.92 Å². The molecule has 1 atom stereocenters. The highest BCUT2D eigenvalue weighted by atomic mass is 16.2. The number of hydrogen-bond donors (Lipinski definition) is 0. The molecule has 4 nitrogen and oxygen atoms in total. The number of benzene rings is 3. The van der Waals surface area contributed by atoms with Gasteiger partial charge < -0.3 is 0 Å². The summed E-state index contributed by atoms with van der Waals surface area (Å²) in [6.07, 6.45) is 5.07. The van der Waals surface area contributed by atoms with Gasteiger partial charge in [-0.05, 0) is 47.4 Å². The van der Waals surface area contributed by atoms with Crippen molar-refractivity contribution in [1.82, 2.24) is 5.01 Å². The second-order valence-corrected chi connectivity index (χ2v) is 7.76. The van der Waals surface area contributed by atoms with E-state index in [1.807, 2.05) is 31.2 Å². The molecule has 2 aliphatic rings. The van der Waals surface area contributed by atoms with Crippen molar-refractivity contribution in [3.8, 4) is 11.1 Å². The van der Waals surface area contributed by atoms with Crippen molar-refractivity contribution in [2.45, 2.75) is 26.7 Å². The van der Waals surface area contributed by atoms with Gasteiger partial charge in [0.25, 0.3) is 11.8 Å². The van der Waals surface area contributed by atoms with Crippen molar-refractivity contribution in [2.24, 2.45) is 5.92 Å². The van der Waals surface area contributed by atoms with Crippen LogP contribution in [0, 0.1) is 12.8 Å². The standard InChI is InChI=1S/C25H22N2O2/c1-3-7-20-24(28)26-13-12-19-18-11-10-16(2)14-22(18)21(17-8-5-4-6-9-17)15-23(19)27(26)25(20)29/h4-6,8-15,20H,3,7H2,1-2H3. The van der Waals surface area contributed by atoms with Crippen LogP contribution in [0.4, 0.5) is 5.69 Å². The molecule has 2 heterocycles. The molecule has 3 aromatic rings. The maximum absolute atomic E-state index is 13.2. The summed E-state index contributed by atoms with van der Waals surface area (Å²) in [5, 5.41) is 5.29. The van der Waals surface area contributed by atoms with Crippen LogP contribution >= 0.6 is 0 Å². The average Bonchev–Trinajstić information content (AvgIpc) is 2.98. The summed E-state index contributed by atoms with van der Waals surface area (Å²) >= 11 is 0. The van der Waals surface area contributed by atoms with Crippen molar-refractivity contribution in [1.29, 1.82) is 0 Å². The molecule has 1 unspecified atom stereocenters. The molecule has 29 heavy (non-hydrogen) atoms. The van der Waals surface area contributed by atoms with Gasteiger partial charge in [0, 0.05) is 11.8 Å². The molecule has 0 aromatic heterocycles. The van der Waals surface area contributed by atoms with E-state index in [-0.39, 0.29) is 11.8 Å². The van der Waals surface area contributed by atoms with Crippen molar-refractivity contribution in [2.75, 3.05) is 5.01 Å². The molecule has 5 rings (SSSR count). The van der Waals surface area contributed by atoms with Gasteiger partial charge in [-0.2, -0.15) is 0 Å². The summed E-state index contributed by atoms with van der Waals surface area (Å²) in [5.74, 6) is -0.860. The molecule has 2 amide bonds. The fourth-order valence-electron chi connectivity index (χ4n) is 4.43. The van der Waals surface area contributed by atoms with Crippen LogP contribution in [0.3, 0.4) is 0 Å². The van der Waals surface area contributed by atoms with Crippen molar-refractivity contribution >= 4 is 34.4 Å². The monoisotopic (exact) mass is 382 g/mol. The molecule has 4 heteroatoms. The van der Waals surface area contributed by atoms with Gasteiger partial charge in [-0.1, -0.05) is 67.4 Å². The molecule has 1 saturated heterocycles. The number of aryl methyl sites for hydroxylation is 1. The lowest BCUT2D eigenvalue weighted by Crippen LogP contribution is -2.39. The molecule has 0 N–H and O–H groups in total. The highest BCUT2D eigenvalue weighted by Gasteiger charge is 2.46. The molecular formula is C25H22N2O2. The van der Waals surface area contributed by atoms with Crippen LogP contribution in [0.2, 0.25) is 0 Å². The maximum atomic E-state index is 13.2. The Kier molecular flexibility index (Phi) is 4.02. The number of nitrogens with zero attached hydrogens (tertiary/aromatic N) is 2. The third kappa shape index (κ3) is 2.59. The SMILES string of the molecule is CCCC1C(=O)N2C=Cc3c(cc(-c4ccccc4)c4cc(C)ccc34)N2C1=O. The number of fused-ring (bicyclic) bond motifs is 5. The van der Waals surface area contributed by atoms with Crippen LogP contribution in [-0.2, 0) is 9.59 Å². The zero-order chi connectivity index (χ0) is 20.1. The van der Waals surface area contributed by atoms with Gasteiger partial charge >= 0.3 is 0 Å². The summed E-state index contributed by atoms with van der Waals surface area (Å²) < 4.78 is 0. The fraction of sp³-hybridized carbons (Fsp3) is 0.200. The van der Waals surface area contributed by atoms with Crippen LogP contribution in [0.1, 0.15) is 30.9 Å². The number of amides is 2. The molecular weight excluding hydrogens is 360 g/mol. The van der Waals surface area contributed by atoms with E-state index in [9.17, 15) is 9.59 Å². The van der Waals surface area contributed by atoms with Crippen molar-refractivity contribution in [3.05, 3.63) is 71.9 Å². The first kappa shape index (κ1) is 17.7.